The van der Waals surface area contributed by atoms with E-state index in [2.05, 4.69) is 4.74 Å². The van der Waals surface area contributed by atoms with Crippen molar-refractivity contribution in [1.29, 1.82) is 0 Å². The van der Waals surface area contributed by atoms with Crippen molar-refractivity contribution in [2.45, 2.75) is 19.3 Å². The van der Waals surface area contributed by atoms with Crippen LogP contribution in [-0.4, -0.2) is 26.3 Å². The van der Waals surface area contributed by atoms with Gasteiger partial charge in [-0.05, 0) is 19.3 Å². The summed E-state index contributed by atoms with van der Waals surface area (Å²) in [6, 6.07) is 0. The van der Waals surface area contributed by atoms with E-state index in [1.54, 1.807) is 0 Å². The van der Waals surface area contributed by atoms with Gasteiger partial charge >= 0.3 is 5.97 Å². The first-order chi connectivity index (χ1) is 5.34. The molecule has 1 heterocycles. The molecule has 0 spiro atoms. The van der Waals surface area contributed by atoms with Gasteiger partial charge in [-0.25, -0.2) is 0 Å². The third-order valence-corrected chi connectivity index (χ3v) is 1.99. The normalized spacial score (nSPS) is 25.7. The molecule has 0 saturated carbocycles. The highest BCUT2D eigenvalue weighted by Crippen LogP contribution is 2.16. The number of hydrogen-bond donors (Lipinski definition) is 0. The van der Waals surface area contributed by atoms with Gasteiger partial charge in [0.2, 0.25) is 0 Å². The van der Waals surface area contributed by atoms with Gasteiger partial charge in [0.25, 0.3) is 0 Å². The van der Waals surface area contributed by atoms with Crippen molar-refractivity contribution in [3.63, 3.8) is 0 Å². The Morgan fingerprint density at radius 3 is 3.00 bits per heavy atom. The monoisotopic (exact) mass is 158 g/mol. The van der Waals surface area contributed by atoms with Gasteiger partial charge in [-0.15, -0.1) is 0 Å². The van der Waals surface area contributed by atoms with Crippen molar-refractivity contribution in [2.75, 3.05) is 20.3 Å². The maximum atomic E-state index is 11.0. The van der Waals surface area contributed by atoms with Crippen LogP contribution in [0, 0.1) is 5.92 Å². The third kappa shape index (κ3) is 2.50. The Morgan fingerprint density at radius 1 is 1.45 bits per heavy atom. The van der Waals surface area contributed by atoms with Crippen molar-refractivity contribution in [1.82, 2.24) is 0 Å². The third-order valence-electron chi connectivity index (χ3n) is 1.99. The lowest BCUT2D eigenvalue weighted by molar-refractivity contribution is -0.145. The largest absolute Gasteiger partial charge is 0.469 e. The average molecular weight is 158 g/mol. The minimum Gasteiger partial charge on any atom is -0.469 e. The summed E-state index contributed by atoms with van der Waals surface area (Å²) in [6.45, 7) is 1.48. The summed E-state index contributed by atoms with van der Waals surface area (Å²) in [4.78, 5) is 11.0. The van der Waals surface area contributed by atoms with Crippen LogP contribution in [0.5, 0.6) is 0 Å². The second-order valence-corrected chi connectivity index (χ2v) is 2.76. The second-order valence-electron chi connectivity index (χ2n) is 2.76. The summed E-state index contributed by atoms with van der Waals surface area (Å²) >= 11 is 0. The van der Waals surface area contributed by atoms with Gasteiger partial charge in [-0.1, -0.05) is 0 Å². The molecule has 1 saturated heterocycles. The highest BCUT2D eigenvalue weighted by molar-refractivity contribution is 5.72. The van der Waals surface area contributed by atoms with Crippen LogP contribution in [0.15, 0.2) is 0 Å². The van der Waals surface area contributed by atoms with E-state index in [4.69, 9.17) is 4.74 Å². The minimum absolute atomic E-state index is 0.0718. The molecule has 0 N–H and O–H groups in total. The van der Waals surface area contributed by atoms with Crippen molar-refractivity contribution in [3.8, 4) is 0 Å². The van der Waals surface area contributed by atoms with E-state index in [1.807, 2.05) is 0 Å². The molecule has 1 fully saturated rings. The van der Waals surface area contributed by atoms with E-state index in [0.717, 1.165) is 25.9 Å². The van der Waals surface area contributed by atoms with Crippen molar-refractivity contribution < 1.29 is 14.3 Å². The van der Waals surface area contributed by atoms with Crippen LogP contribution in [0.3, 0.4) is 0 Å². The summed E-state index contributed by atoms with van der Waals surface area (Å²) in [5.41, 5.74) is 0. The van der Waals surface area contributed by atoms with Gasteiger partial charge in [0.15, 0.2) is 0 Å². The van der Waals surface area contributed by atoms with Crippen LogP contribution in [-0.2, 0) is 14.3 Å². The Bertz CT molecular complexity index is 125. The molecule has 0 aromatic carbocycles. The Balaban J connectivity index is 2.36. The van der Waals surface area contributed by atoms with Gasteiger partial charge in [0.05, 0.1) is 13.0 Å². The summed E-state index contributed by atoms with van der Waals surface area (Å²) in [5, 5.41) is 0. The molecule has 0 amide bonds. The molecular weight excluding hydrogens is 144 g/mol. The Hall–Kier alpha value is -0.570. The fourth-order valence-corrected chi connectivity index (χ4v) is 1.31. The summed E-state index contributed by atoms with van der Waals surface area (Å²) in [6.07, 6.45) is 2.69. The summed E-state index contributed by atoms with van der Waals surface area (Å²) < 4.78 is 9.86. The molecule has 1 unspecified atom stereocenters. The lowest BCUT2D eigenvalue weighted by atomic mass is 10.0. The quantitative estimate of drug-likeness (QED) is 0.533. The molecule has 3 nitrogen and oxygen atoms in total. The zero-order valence-electron chi connectivity index (χ0n) is 6.84. The molecule has 1 rings (SSSR count). The molecule has 0 bridgehead atoms. The van der Waals surface area contributed by atoms with Crippen LogP contribution in [0.4, 0.5) is 0 Å². The number of esters is 1. The van der Waals surface area contributed by atoms with Crippen LogP contribution in [0.1, 0.15) is 19.3 Å². The van der Waals surface area contributed by atoms with Crippen LogP contribution < -0.4 is 0 Å². The highest BCUT2D eigenvalue weighted by atomic mass is 16.5. The van der Waals surface area contributed by atoms with E-state index in [1.165, 1.54) is 7.11 Å². The Labute approximate surface area is 66.7 Å². The van der Waals surface area contributed by atoms with E-state index >= 15 is 0 Å². The lowest BCUT2D eigenvalue weighted by Crippen LogP contribution is -2.16. The highest BCUT2D eigenvalue weighted by Gasteiger charge is 2.20. The maximum absolute atomic E-state index is 11.0. The molecule has 0 radical (unpaired) electrons. The van der Waals surface area contributed by atoms with Gasteiger partial charge in [-0.3, -0.25) is 4.79 Å². The van der Waals surface area contributed by atoms with Crippen molar-refractivity contribution in [2.24, 2.45) is 5.92 Å². The number of carbonyl (C=O) groups excluding carboxylic acids is 1. The summed E-state index contributed by atoms with van der Waals surface area (Å²) in [7, 11) is 1.44. The first-order valence-electron chi connectivity index (χ1n) is 4.00. The van der Waals surface area contributed by atoms with Crippen molar-refractivity contribution >= 4 is 5.97 Å². The zero-order valence-corrected chi connectivity index (χ0v) is 6.84. The first kappa shape index (κ1) is 8.53. The van der Waals surface area contributed by atoms with E-state index < -0.39 is 0 Å². The molecule has 0 aromatic rings. The van der Waals surface area contributed by atoms with Crippen molar-refractivity contribution in [3.05, 3.63) is 0 Å². The fraction of sp³-hybridized carbons (Fsp3) is 0.875. The smallest absolute Gasteiger partial charge is 0.308 e. The average Bonchev–Trinajstić information content (AvgIpc) is 2.30. The topological polar surface area (TPSA) is 35.5 Å². The SMILES string of the molecule is COC(=O)C1CCCOCC1. The molecule has 1 atom stereocenters. The van der Waals surface area contributed by atoms with E-state index in [-0.39, 0.29) is 11.9 Å². The number of ether oxygens (including phenoxy) is 2. The molecular formula is C8H14O3. The van der Waals surface area contributed by atoms with E-state index in [0.29, 0.717) is 6.61 Å². The molecule has 3 heteroatoms. The summed E-state index contributed by atoms with van der Waals surface area (Å²) in [5.74, 6) is -0.0157. The maximum Gasteiger partial charge on any atom is 0.308 e. The predicted molar refractivity (Wildman–Crippen MR) is 40.2 cm³/mol. The van der Waals surface area contributed by atoms with Gasteiger partial charge in [0, 0.05) is 13.2 Å². The second kappa shape index (κ2) is 4.34. The van der Waals surface area contributed by atoms with E-state index in [9.17, 15) is 4.79 Å². The lowest BCUT2D eigenvalue weighted by Gasteiger charge is -2.08. The molecule has 1 aliphatic heterocycles. The van der Waals surface area contributed by atoms with Crippen LogP contribution in [0.2, 0.25) is 0 Å². The number of rotatable bonds is 1. The predicted octanol–water partition coefficient (Wildman–Crippen LogP) is 0.976. The van der Waals surface area contributed by atoms with Gasteiger partial charge in [0.1, 0.15) is 0 Å². The van der Waals surface area contributed by atoms with Crippen LogP contribution in [0.25, 0.3) is 0 Å². The Kier molecular flexibility index (Phi) is 3.36. The standard InChI is InChI=1S/C8H14O3/c1-10-8(9)7-3-2-5-11-6-4-7/h7H,2-6H2,1H3. The number of hydrogen-bond acceptors (Lipinski definition) is 3. The Morgan fingerprint density at radius 2 is 2.27 bits per heavy atom. The number of carbonyl (C=O) groups is 1. The minimum atomic E-state index is -0.0875. The van der Waals surface area contributed by atoms with Crippen LogP contribution >= 0.6 is 0 Å². The molecule has 64 valence electrons. The molecule has 11 heavy (non-hydrogen) atoms. The number of methoxy groups -OCH3 is 1. The first-order valence-corrected chi connectivity index (χ1v) is 4.00. The van der Waals surface area contributed by atoms with Gasteiger partial charge in [-0.2, -0.15) is 0 Å². The molecule has 0 aromatic heterocycles. The fourth-order valence-electron chi connectivity index (χ4n) is 1.31. The molecule has 1 aliphatic rings. The zero-order chi connectivity index (χ0) is 8.10. The molecule has 0 aliphatic carbocycles. The van der Waals surface area contributed by atoms with Gasteiger partial charge < -0.3 is 9.47 Å².